The lowest BCUT2D eigenvalue weighted by molar-refractivity contribution is -0.290. The van der Waals surface area contributed by atoms with Gasteiger partial charge >= 0.3 is 10.3 Å². The average Bonchev–Trinajstić information content (AvgIpc) is 2.97. The van der Waals surface area contributed by atoms with Crippen LogP contribution in [0.15, 0.2) is 4.40 Å². The predicted octanol–water partition coefficient (Wildman–Crippen LogP) is 1.10. The van der Waals surface area contributed by atoms with Crippen molar-refractivity contribution in [3.63, 3.8) is 0 Å². The molecule has 0 bridgehead atoms. The van der Waals surface area contributed by atoms with Gasteiger partial charge < -0.3 is 28.4 Å². The predicted molar refractivity (Wildman–Crippen MR) is 92.2 cm³/mol. The molecule has 4 atom stereocenters. The Morgan fingerprint density at radius 2 is 1.85 bits per heavy atom. The molecular weight excluding hydrogens is 382 g/mol. The van der Waals surface area contributed by atoms with Crippen molar-refractivity contribution in [2.45, 2.75) is 77.2 Å². The maximum Gasteiger partial charge on any atom is 0.384 e. The SMILES string of the molecule is CCOC(C)=NS(=O)(=O)OC[C@@]12OC[C@H]3OC(C)(C)O[C@H]3[C@@H]1OC(C)(C)O2. The number of rotatable bonds is 5. The van der Waals surface area contributed by atoms with Gasteiger partial charge in [-0.2, -0.15) is 8.42 Å². The van der Waals surface area contributed by atoms with E-state index in [2.05, 4.69) is 4.40 Å². The number of hydrogen-bond acceptors (Lipinski definition) is 9. The molecule has 3 heterocycles. The fourth-order valence-corrected chi connectivity index (χ4v) is 4.26. The summed E-state index contributed by atoms with van der Waals surface area (Å²) in [4.78, 5) is 0. The van der Waals surface area contributed by atoms with Gasteiger partial charge in [-0.1, -0.05) is 0 Å². The molecule has 0 unspecified atom stereocenters. The van der Waals surface area contributed by atoms with Crippen LogP contribution in [0.25, 0.3) is 0 Å². The molecule has 3 fully saturated rings. The molecular formula is C16H27NO9S. The quantitative estimate of drug-likeness (QED) is 0.487. The van der Waals surface area contributed by atoms with Crippen molar-refractivity contribution in [1.29, 1.82) is 0 Å². The van der Waals surface area contributed by atoms with Gasteiger partial charge in [0, 0.05) is 6.92 Å². The van der Waals surface area contributed by atoms with Crippen molar-refractivity contribution < 1.29 is 41.0 Å². The summed E-state index contributed by atoms with van der Waals surface area (Å²) in [7, 11) is -4.25. The third kappa shape index (κ3) is 4.44. The Bertz CT molecular complexity index is 705. The summed E-state index contributed by atoms with van der Waals surface area (Å²) in [5, 5.41) is 0. The van der Waals surface area contributed by atoms with Gasteiger partial charge in [0.25, 0.3) is 0 Å². The van der Waals surface area contributed by atoms with Gasteiger partial charge in [0.05, 0.1) is 13.2 Å². The van der Waals surface area contributed by atoms with Crippen molar-refractivity contribution in [2.24, 2.45) is 4.40 Å². The molecule has 3 rings (SSSR count). The van der Waals surface area contributed by atoms with Gasteiger partial charge in [-0.05, 0) is 34.6 Å². The maximum absolute atomic E-state index is 12.1. The number of hydrogen-bond donors (Lipinski definition) is 0. The minimum absolute atomic E-state index is 0.0191. The van der Waals surface area contributed by atoms with E-state index >= 15 is 0 Å². The first-order chi connectivity index (χ1) is 12.4. The Labute approximate surface area is 159 Å². The second-order valence-electron chi connectivity index (χ2n) is 7.54. The van der Waals surface area contributed by atoms with E-state index in [0.717, 1.165) is 0 Å². The Hall–Kier alpha value is -0.820. The van der Waals surface area contributed by atoms with Crippen LogP contribution in [0, 0.1) is 0 Å². The van der Waals surface area contributed by atoms with Gasteiger partial charge in [-0.25, -0.2) is 4.18 Å². The molecule has 0 aromatic heterocycles. The van der Waals surface area contributed by atoms with Gasteiger partial charge in [0.1, 0.15) is 24.9 Å². The summed E-state index contributed by atoms with van der Waals surface area (Å²) in [5.41, 5.74) is 0. The molecule has 0 N–H and O–H groups in total. The smallest absolute Gasteiger partial charge is 0.384 e. The molecule has 3 aliphatic rings. The third-order valence-electron chi connectivity index (χ3n) is 4.28. The van der Waals surface area contributed by atoms with E-state index in [1.54, 1.807) is 34.6 Å². The van der Waals surface area contributed by atoms with Crippen molar-refractivity contribution in [3.05, 3.63) is 0 Å². The first kappa shape index (κ1) is 20.9. The summed E-state index contributed by atoms with van der Waals surface area (Å²) in [6.45, 7) is 10.1. The molecule has 10 nitrogen and oxygen atoms in total. The lowest BCUT2D eigenvalue weighted by atomic mass is 9.98. The average molecular weight is 409 g/mol. The molecule has 0 amide bonds. The van der Waals surface area contributed by atoms with E-state index < -0.39 is 46.5 Å². The van der Waals surface area contributed by atoms with Gasteiger partial charge in [0.2, 0.25) is 5.79 Å². The van der Waals surface area contributed by atoms with E-state index in [1.807, 2.05) is 0 Å². The van der Waals surface area contributed by atoms with Crippen LogP contribution in [0.5, 0.6) is 0 Å². The van der Waals surface area contributed by atoms with Crippen molar-refractivity contribution in [3.8, 4) is 0 Å². The minimum atomic E-state index is -4.25. The molecule has 0 saturated carbocycles. The molecule has 3 saturated heterocycles. The van der Waals surface area contributed by atoms with Crippen molar-refractivity contribution in [1.82, 2.24) is 0 Å². The lowest BCUT2D eigenvalue weighted by Gasteiger charge is -2.40. The molecule has 0 aliphatic carbocycles. The minimum Gasteiger partial charge on any atom is -0.481 e. The van der Waals surface area contributed by atoms with Crippen LogP contribution >= 0.6 is 0 Å². The maximum atomic E-state index is 12.1. The van der Waals surface area contributed by atoms with Gasteiger partial charge in [0.15, 0.2) is 17.5 Å². The largest absolute Gasteiger partial charge is 0.481 e. The van der Waals surface area contributed by atoms with Crippen LogP contribution < -0.4 is 0 Å². The highest BCUT2D eigenvalue weighted by Crippen LogP contribution is 2.47. The second kappa shape index (κ2) is 6.90. The van der Waals surface area contributed by atoms with Crippen LogP contribution in [0.4, 0.5) is 0 Å². The summed E-state index contributed by atoms with van der Waals surface area (Å²) in [6, 6.07) is 0. The zero-order valence-electron chi connectivity index (χ0n) is 16.4. The zero-order valence-corrected chi connectivity index (χ0v) is 17.2. The Morgan fingerprint density at radius 3 is 2.52 bits per heavy atom. The lowest BCUT2D eigenvalue weighted by Crippen LogP contribution is -2.60. The first-order valence-electron chi connectivity index (χ1n) is 8.83. The van der Waals surface area contributed by atoms with Crippen LogP contribution in [0.2, 0.25) is 0 Å². The highest BCUT2D eigenvalue weighted by molar-refractivity contribution is 7.85. The fraction of sp³-hybridized carbons (Fsp3) is 0.938. The molecule has 0 radical (unpaired) electrons. The normalized spacial score (nSPS) is 37.7. The molecule has 0 aromatic carbocycles. The zero-order chi connectivity index (χ0) is 20.1. The van der Waals surface area contributed by atoms with E-state index in [1.165, 1.54) is 6.92 Å². The summed E-state index contributed by atoms with van der Waals surface area (Å²) in [5.74, 6) is -3.31. The Kier molecular flexibility index (Phi) is 5.34. The Balaban J connectivity index is 1.79. The summed E-state index contributed by atoms with van der Waals surface area (Å²) < 4.78 is 67.3. The number of nitrogens with zero attached hydrogens (tertiary/aromatic N) is 1. The van der Waals surface area contributed by atoms with E-state index in [4.69, 9.17) is 32.6 Å². The van der Waals surface area contributed by atoms with E-state index in [-0.39, 0.29) is 18.6 Å². The van der Waals surface area contributed by atoms with Crippen LogP contribution in [0.1, 0.15) is 41.5 Å². The third-order valence-corrected chi connectivity index (χ3v) is 5.17. The fourth-order valence-electron chi connectivity index (χ4n) is 3.52. The molecule has 0 spiro atoms. The van der Waals surface area contributed by atoms with Crippen molar-refractivity contribution >= 4 is 16.2 Å². The first-order valence-corrected chi connectivity index (χ1v) is 10.2. The van der Waals surface area contributed by atoms with E-state index in [0.29, 0.717) is 6.61 Å². The summed E-state index contributed by atoms with van der Waals surface area (Å²) >= 11 is 0. The molecule has 3 aliphatic heterocycles. The monoisotopic (exact) mass is 409 g/mol. The topological polar surface area (TPSA) is 111 Å². The van der Waals surface area contributed by atoms with Gasteiger partial charge in [-0.3, -0.25) is 0 Å². The number of fused-ring (bicyclic) bond motifs is 3. The number of ether oxygens (including phenoxy) is 6. The van der Waals surface area contributed by atoms with Crippen molar-refractivity contribution in [2.75, 3.05) is 19.8 Å². The highest BCUT2D eigenvalue weighted by atomic mass is 32.2. The van der Waals surface area contributed by atoms with E-state index in [9.17, 15) is 8.42 Å². The molecule has 11 heteroatoms. The van der Waals surface area contributed by atoms with Gasteiger partial charge in [-0.15, -0.1) is 4.40 Å². The van der Waals surface area contributed by atoms with Crippen LogP contribution in [-0.2, 0) is 42.9 Å². The Morgan fingerprint density at radius 1 is 1.15 bits per heavy atom. The molecule has 0 aromatic rings. The second-order valence-corrected chi connectivity index (χ2v) is 8.81. The highest BCUT2D eigenvalue weighted by Gasteiger charge is 2.65. The summed E-state index contributed by atoms with van der Waals surface area (Å²) in [6.07, 6.45) is -1.58. The van der Waals surface area contributed by atoms with Crippen LogP contribution in [0.3, 0.4) is 0 Å². The molecule has 27 heavy (non-hydrogen) atoms. The molecule has 156 valence electrons. The van der Waals surface area contributed by atoms with Crippen LogP contribution in [-0.4, -0.2) is 69.8 Å². The standard InChI is InChI=1S/C16H27NO9S/c1-7-20-10(2)17-27(18,19)22-9-16-13(25-15(5,6)26-16)12-11(8-21-16)23-14(3,4)24-12/h11-13H,7-9H2,1-6H3/t11-,12-,13+,16+/m1/s1.